The van der Waals surface area contributed by atoms with Crippen LogP contribution in [0.3, 0.4) is 0 Å². The Hall–Kier alpha value is -2.82. The zero-order chi connectivity index (χ0) is 12.9. The largest absolute Gasteiger partial charge is 0.334 e. The van der Waals surface area contributed by atoms with Crippen LogP contribution in [0, 0.1) is 0 Å². The molecule has 0 saturated carbocycles. The Balaban J connectivity index is 1.81. The van der Waals surface area contributed by atoms with E-state index in [-0.39, 0.29) is 0 Å². The third kappa shape index (κ3) is 2.71. The van der Waals surface area contributed by atoms with Crippen molar-refractivity contribution in [3.63, 3.8) is 0 Å². The molecule has 0 unspecified atom stereocenters. The van der Waals surface area contributed by atoms with Gasteiger partial charge in [-0.3, -0.25) is 4.98 Å². The van der Waals surface area contributed by atoms with Gasteiger partial charge < -0.3 is 4.52 Å². The van der Waals surface area contributed by atoms with Crippen molar-refractivity contribution in [2.24, 2.45) is 0 Å². The summed E-state index contributed by atoms with van der Waals surface area (Å²) in [7, 11) is 0. The van der Waals surface area contributed by atoms with E-state index in [9.17, 15) is 0 Å². The molecular weight excluding hydrogens is 240 g/mol. The number of hydrogen-bond acceptors (Lipinski definition) is 5. The molecule has 0 saturated heterocycles. The molecule has 0 bridgehead atoms. The summed E-state index contributed by atoms with van der Waals surface area (Å²) in [5, 5.41) is 3.86. The molecule has 92 valence electrons. The molecule has 0 N–H and O–H groups in total. The summed E-state index contributed by atoms with van der Waals surface area (Å²) in [5.41, 5.74) is 1.66. The molecule has 0 fully saturated rings. The number of rotatable bonds is 3. The topological polar surface area (TPSA) is 64.7 Å². The first-order valence-corrected chi connectivity index (χ1v) is 5.75. The number of aromatic nitrogens is 4. The maximum absolute atomic E-state index is 5.13. The van der Waals surface area contributed by atoms with E-state index in [0.29, 0.717) is 17.4 Å². The smallest absolute Gasteiger partial charge is 0.251 e. The van der Waals surface area contributed by atoms with E-state index < -0.39 is 0 Å². The minimum atomic E-state index is 0.431. The Morgan fingerprint density at radius 2 is 1.89 bits per heavy atom. The first-order chi connectivity index (χ1) is 9.42. The highest BCUT2D eigenvalue weighted by atomic mass is 16.5. The molecule has 2 heterocycles. The van der Waals surface area contributed by atoms with Crippen LogP contribution in [0.2, 0.25) is 0 Å². The van der Waals surface area contributed by atoms with Crippen molar-refractivity contribution in [1.82, 2.24) is 20.1 Å². The van der Waals surface area contributed by atoms with E-state index >= 15 is 0 Å². The van der Waals surface area contributed by atoms with Gasteiger partial charge in [-0.1, -0.05) is 35.5 Å². The van der Waals surface area contributed by atoms with Gasteiger partial charge in [0.05, 0.1) is 6.20 Å². The first kappa shape index (κ1) is 11.3. The molecule has 0 aliphatic carbocycles. The average Bonchev–Trinajstić information content (AvgIpc) is 2.96. The fourth-order valence-corrected chi connectivity index (χ4v) is 1.55. The highest BCUT2D eigenvalue weighted by molar-refractivity contribution is 5.66. The molecule has 3 aromatic rings. The molecule has 5 nitrogen and oxygen atoms in total. The maximum atomic E-state index is 5.13. The van der Waals surface area contributed by atoms with Crippen molar-refractivity contribution < 1.29 is 4.52 Å². The van der Waals surface area contributed by atoms with Crippen LogP contribution in [0.4, 0.5) is 0 Å². The predicted molar refractivity (Wildman–Crippen MR) is 70.7 cm³/mol. The van der Waals surface area contributed by atoms with Gasteiger partial charge in [0.25, 0.3) is 5.89 Å². The van der Waals surface area contributed by atoms with E-state index in [1.54, 1.807) is 24.7 Å². The van der Waals surface area contributed by atoms with Gasteiger partial charge in [-0.05, 0) is 11.6 Å². The molecule has 1 aromatic carbocycles. The molecule has 0 radical (unpaired) electrons. The quantitative estimate of drug-likeness (QED) is 0.715. The molecule has 2 aromatic heterocycles. The van der Waals surface area contributed by atoms with Crippen molar-refractivity contribution >= 4 is 12.2 Å². The number of nitrogens with zero attached hydrogens (tertiary/aromatic N) is 4. The fraction of sp³-hybridized carbons (Fsp3) is 0. The molecule has 5 heteroatoms. The highest BCUT2D eigenvalue weighted by Gasteiger charge is 2.07. The zero-order valence-electron chi connectivity index (χ0n) is 9.97. The highest BCUT2D eigenvalue weighted by Crippen LogP contribution is 2.12. The van der Waals surface area contributed by atoms with Crippen molar-refractivity contribution in [2.45, 2.75) is 0 Å². The van der Waals surface area contributed by atoms with Gasteiger partial charge in [0, 0.05) is 18.5 Å². The van der Waals surface area contributed by atoms with E-state index in [0.717, 1.165) is 5.56 Å². The van der Waals surface area contributed by atoms with Crippen molar-refractivity contribution in [3.05, 3.63) is 60.4 Å². The Morgan fingerprint density at radius 3 is 2.68 bits per heavy atom. The van der Waals surface area contributed by atoms with Crippen molar-refractivity contribution in [3.8, 4) is 11.5 Å². The van der Waals surface area contributed by atoms with E-state index in [1.807, 2.05) is 36.4 Å². The Morgan fingerprint density at radius 1 is 1.00 bits per heavy atom. The summed E-state index contributed by atoms with van der Waals surface area (Å²) in [6.07, 6.45) is 8.46. The number of hydrogen-bond donors (Lipinski definition) is 0. The van der Waals surface area contributed by atoms with Gasteiger partial charge >= 0.3 is 0 Å². The SMILES string of the molecule is C(=C\c1nc(-c2cnccn2)no1)/c1ccccc1. The second-order valence-corrected chi connectivity index (χ2v) is 3.79. The van der Waals surface area contributed by atoms with E-state index in [2.05, 4.69) is 20.1 Å². The summed E-state index contributed by atoms with van der Waals surface area (Å²) in [5.74, 6) is 0.866. The molecule has 0 spiro atoms. The molecule has 19 heavy (non-hydrogen) atoms. The van der Waals surface area contributed by atoms with Crippen LogP contribution >= 0.6 is 0 Å². The average molecular weight is 250 g/mol. The lowest BCUT2D eigenvalue weighted by Crippen LogP contribution is -1.85. The van der Waals surface area contributed by atoms with Gasteiger partial charge in [-0.15, -0.1) is 0 Å². The van der Waals surface area contributed by atoms with Crippen LogP contribution in [-0.2, 0) is 0 Å². The third-order valence-corrected chi connectivity index (χ3v) is 2.45. The normalized spacial score (nSPS) is 10.9. The predicted octanol–water partition coefficient (Wildman–Crippen LogP) is 2.70. The van der Waals surface area contributed by atoms with Gasteiger partial charge in [0.15, 0.2) is 0 Å². The second kappa shape index (κ2) is 5.22. The van der Waals surface area contributed by atoms with Crippen molar-refractivity contribution in [1.29, 1.82) is 0 Å². The molecule has 0 aliphatic rings. The second-order valence-electron chi connectivity index (χ2n) is 3.79. The van der Waals surface area contributed by atoms with Crippen LogP contribution in [0.5, 0.6) is 0 Å². The zero-order valence-corrected chi connectivity index (χ0v) is 9.97. The van der Waals surface area contributed by atoms with Gasteiger partial charge in [-0.25, -0.2) is 4.98 Å². The fourth-order valence-electron chi connectivity index (χ4n) is 1.55. The monoisotopic (exact) mass is 250 g/mol. The van der Waals surface area contributed by atoms with Gasteiger partial charge in [-0.2, -0.15) is 4.98 Å². The van der Waals surface area contributed by atoms with Crippen LogP contribution in [-0.4, -0.2) is 20.1 Å². The third-order valence-electron chi connectivity index (χ3n) is 2.45. The summed E-state index contributed by atoms with van der Waals surface area (Å²) < 4.78 is 5.13. The number of benzene rings is 1. The standard InChI is InChI=1S/C14H10N4O/c1-2-4-11(5-3-1)6-7-13-17-14(18-19-13)12-10-15-8-9-16-12/h1-10H/b7-6+. The molecule has 3 rings (SSSR count). The van der Waals surface area contributed by atoms with Crippen LogP contribution in [0.15, 0.2) is 53.4 Å². The Kier molecular flexibility index (Phi) is 3.10. The minimum absolute atomic E-state index is 0.431. The molecule has 0 atom stereocenters. The van der Waals surface area contributed by atoms with E-state index in [1.165, 1.54) is 0 Å². The Bertz CT molecular complexity index is 677. The van der Waals surface area contributed by atoms with Gasteiger partial charge in [0.2, 0.25) is 5.82 Å². The minimum Gasteiger partial charge on any atom is -0.334 e. The van der Waals surface area contributed by atoms with Crippen LogP contribution in [0.25, 0.3) is 23.7 Å². The summed E-state index contributed by atoms with van der Waals surface area (Å²) >= 11 is 0. The van der Waals surface area contributed by atoms with Crippen molar-refractivity contribution in [2.75, 3.05) is 0 Å². The van der Waals surface area contributed by atoms with Gasteiger partial charge in [0.1, 0.15) is 5.69 Å². The summed E-state index contributed by atoms with van der Waals surface area (Å²) in [6, 6.07) is 9.90. The molecule has 0 aliphatic heterocycles. The van der Waals surface area contributed by atoms with E-state index in [4.69, 9.17) is 4.52 Å². The summed E-state index contributed by atoms with van der Waals surface area (Å²) in [6.45, 7) is 0. The van der Waals surface area contributed by atoms with Crippen LogP contribution < -0.4 is 0 Å². The first-order valence-electron chi connectivity index (χ1n) is 5.75. The lowest BCUT2D eigenvalue weighted by Gasteiger charge is -1.89. The van der Waals surface area contributed by atoms with Crippen LogP contribution in [0.1, 0.15) is 11.5 Å². The molecular formula is C14H10N4O. The lowest BCUT2D eigenvalue weighted by molar-refractivity contribution is 0.411. The Labute approximate surface area is 109 Å². The lowest BCUT2D eigenvalue weighted by atomic mass is 10.2. The maximum Gasteiger partial charge on any atom is 0.251 e. The molecule has 0 amide bonds. The summed E-state index contributed by atoms with van der Waals surface area (Å²) in [4.78, 5) is 12.3.